The summed E-state index contributed by atoms with van der Waals surface area (Å²) >= 11 is 12.8. The van der Waals surface area contributed by atoms with Crippen LogP contribution in [0.2, 0.25) is 0 Å². The van der Waals surface area contributed by atoms with Gasteiger partial charge in [0.2, 0.25) is 0 Å². The molecule has 0 aromatic carbocycles. The highest BCUT2D eigenvalue weighted by Crippen LogP contribution is 2.39. The van der Waals surface area contributed by atoms with Gasteiger partial charge in [-0.25, -0.2) is 9.37 Å². The van der Waals surface area contributed by atoms with E-state index in [-0.39, 0.29) is 22.7 Å². The fourth-order valence-corrected chi connectivity index (χ4v) is 5.35. The molecule has 3 heterocycles. The van der Waals surface area contributed by atoms with Crippen molar-refractivity contribution in [3.63, 3.8) is 0 Å². The maximum absolute atomic E-state index is 14.2. The largest absolute Gasteiger partial charge is 0.482 e. The molecule has 174 valence electrons. The Morgan fingerprint density at radius 1 is 1.31 bits per heavy atom. The van der Waals surface area contributed by atoms with Crippen LogP contribution >= 0.6 is 23.2 Å². The fraction of sp³-hybridized carbons (Fsp3) is 0.565. The van der Waals surface area contributed by atoms with E-state index in [0.29, 0.717) is 17.4 Å². The SMILES string of the molecule is CC1CN(C2CCNCC2)N=C1c1cnc(N)c(OC(C)C2=C(Cl)C(F)=CC(C)C2Cl)c1. The molecule has 3 N–H and O–H groups in total. The first-order valence-corrected chi connectivity index (χ1v) is 12.0. The molecule has 1 aromatic heterocycles. The van der Waals surface area contributed by atoms with Crippen LogP contribution in [-0.4, -0.2) is 52.9 Å². The van der Waals surface area contributed by atoms with Gasteiger partial charge in [0.1, 0.15) is 11.9 Å². The molecule has 4 rings (SSSR count). The predicted molar refractivity (Wildman–Crippen MR) is 128 cm³/mol. The summed E-state index contributed by atoms with van der Waals surface area (Å²) in [4.78, 5) is 4.34. The highest BCUT2D eigenvalue weighted by molar-refractivity contribution is 6.34. The Labute approximate surface area is 198 Å². The molecule has 0 bridgehead atoms. The van der Waals surface area contributed by atoms with Gasteiger partial charge in [-0.3, -0.25) is 5.01 Å². The van der Waals surface area contributed by atoms with Crippen molar-refractivity contribution in [2.75, 3.05) is 25.4 Å². The van der Waals surface area contributed by atoms with Crippen molar-refractivity contribution < 1.29 is 9.13 Å². The molecule has 3 aliphatic rings. The number of nitrogens with two attached hydrogens (primary N) is 1. The number of aromatic nitrogens is 1. The van der Waals surface area contributed by atoms with E-state index in [2.05, 4.69) is 22.2 Å². The van der Waals surface area contributed by atoms with Gasteiger partial charge in [0.25, 0.3) is 0 Å². The van der Waals surface area contributed by atoms with Crippen LogP contribution in [0.25, 0.3) is 0 Å². The molecule has 32 heavy (non-hydrogen) atoms. The number of pyridine rings is 1. The number of hydrogen-bond donors (Lipinski definition) is 2. The molecular formula is C23H30Cl2FN5O. The Hall–Kier alpha value is -1.83. The molecule has 6 nitrogen and oxygen atoms in total. The van der Waals surface area contributed by atoms with Crippen LogP contribution in [0.5, 0.6) is 5.75 Å². The van der Waals surface area contributed by atoms with E-state index in [1.807, 2.05) is 13.0 Å². The molecule has 4 unspecified atom stereocenters. The van der Waals surface area contributed by atoms with E-state index in [1.165, 1.54) is 6.08 Å². The molecule has 1 aliphatic carbocycles. The van der Waals surface area contributed by atoms with Gasteiger partial charge in [-0.15, -0.1) is 11.6 Å². The number of nitrogens with one attached hydrogen (secondary N) is 1. The molecule has 0 radical (unpaired) electrons. The van der Waals surface area contributed by atoms with Gasteiger partial charge >= 0.3 is 0 Å². The number of ether oxygens (including phenoxy) is 1. The summed E-state index contributed by atoms with van der Waals surface area (Å²) in [6.45, 7) is 8.73. The molecule has 0 spiro atoms. The molecule has 1 saturated heterocycles. The zero-order valence-corrected chi connectivity index (χ0v) is 20.1. The van der Waals surface area contributed by atoms with Crippen molar-refractivity contribution in [3.05, 3.63) is 40.3 Å². The van der Waals surface area contributed by atoms with Crippen LogP contribution in [0.4, 0.5) is 10.2 Å². The normalized spacial score (nSPS) is 27.9. The Kier molecular flexibility index (Phi) is 6.98. The van der Waals surface area contributed by atoms with E-state index in [4.69, 9.17) is 38.8 Å². The zero-order valence-electron chi connectivity index (χ0n) is 18.6. The summed E-state index contributed by atoms with van der Waals surface area (Å²) in [5.41, 5.74) is 8.46. The lowest BCUT2D eigenvalue weighted by Crippen LogP contribution is -2.40. The summed E-state index contributed by atoms with van der Waals surface area (Å²) < 4.78 is 20.3. The van der Waals surface area contributed by atoms with Crippen LogP contribution in [0.15, 0.2) is 39.9 Å². The van der Waals surface area contributed by atoms with Gasteiger partial charge in [-0.1, -0.05) is 25.4 Å². The third kappa shape index (κ3) is 4.61. The fourth-order valence-electron chi connectivity index (χ4n) is 4.60. The quantitative estimate of drug-likeness (QED) is 0.607. The number of anilines is 1. The second kappa shape index (κ2) is 9.57. The summed E-state index contributed by atoms with van der Waals surface area (Å²) in [5, 5.41) is 10.1. The van der Waals surface area contributed by atoms with Crippen LogP contribution in [-0.2, 0) is 0 Å². The maximum atomic E-state index is 14.2. The van der Waals surface area contributed by atoms with E-state index in [0.717, 1.165) is 43.8 Å². The van der Waals surface area contributed by atoms with Crippen molar-refractivity contribution in [2.45, 2.75) is 51.1 Å². The van der Waals surface area contributed by atoms with E-state index < -0.39 is 17.3 Å². The number of hydrazone groups is 1. The minimum atomic E-state index is -0.569. The number of alkyl halides is 1. The Balaban J connectivity index is 1.57. The number of nitrogens with zero attached hydrogens (tertiary/aromatic N) is 3. The van der Waals surface area contributed by atoms with Crippen LogP contribution in [0.3, 0.4) is 0 Å². The van der Waals surface area contributed by atoms with Crippen molar-refractivity contribution in [1.29, 1.82) is 0 Å². The third-order valence-electron chi connectivity index (χ3n) is 6.44. The highest BCUT2D eigenvalue weighted by atomic mass is 35.5. The summed E-state index contributed by atoms with van der Waals surface area (Å²) in [7, 11) is 0. The lowest BCUT2D eigenvalue weighted by atomic mass is 9.91. The summed E-state index contributed by atoms with van der Waals surface area (Å²) in [5.74, 6) is 0.256. The van der Waals surface area contributed by atoms with Crippen LogP contribution < -0.4 is 15.8 Å². The van der Waals surface area contributed by atoms with E-state index in [9.17, 15) is 4.39 Å². The number of halogens is 3. The summed E-state index contributed by atoms with van der Waals surface area (Å²) in [6.07, 6.45) is 4.78. The van der Waals surface area contributed by atoms with Crippen molar-refractivity contribution in [3.8, 4) is 5.75 Å². The molecule has 9 heteroatoms. The average molecular weight is 482 g/mol. The topological polar surface area (TPSA) is 75.8 Å². The second-order valence-corrected chi connectivity index (χ2v) is 9.75. The number of hydrogen-bond acceptors (Lipinski definition) is 6. The van der Waals surface area contributed by atoms with Crippen LogP contribution in [0, 0.1) is 11.8 Å². The first-order chi connectivity index (χ1) is 15.3. The van der Waals surface area contributed by atoms with E-state index >= 15 is 0 Å². The lowest BCUT2D eigenvalue weighted by molar-refractivity contribution is 0.176. The molecule has 2 aliphatic heterocycles. The van der Waals surface area contributed by atoms with Gasteiger partial charge < -0.3 is 15.8 Å². The van der Waals surface area contributed by atoms with Gasteiger partial charge in [-0.2, -0.15) is 5.10 Å². The number of piperidine rings is 1. The van der Waals surface area contributed by atoms with Crippen molar-refractivity contribution >= 4 is 34.7 Å². The predicted octanol–water partition coefficient (Wildman–Crippen LogP) is 4.44. The molecule has 0 saturated carbocycles. The number of allylic oxidation sites excluding steroid dienone is 3. The Morgan fingerprint density at radius 2 is 2.03 bits per heavy atom. The van der Waals surface area contributed by atoms with Gasteiger partial charge in [0.15, 0.2) is 11.6 Å². The van der Waals surface area contributed by atoms with Gasteiger partial charge in [0, 0.05) is 35.8 Å². The number of rotatable bonds is 5. The lowest BCUT2D eigenvalue weighted by Gasteiger charge is -2.30. The minimum absolute atomic E-state index is 0.00434. The Morgan fingerprint density at radius 3 is 2.75 bits per heavy atom. The van der Waals surface area contributed by atoms with Crippen LogP contribution in [0.1, 0.15) is 39.2 Å². The molecule has 1 aromatic rings. The average Bonchev–Trinajstić information content (AvgIpc) is 3.16. The van der Waals surface area contributed by atoms with Gasteiger partial charge in [-0.05, 0) is 50.9 Å². The second-order valence-electron chi connectivity index (χ2n) is 8.90. The molecule has 1 fully saturated rings. The Bertz CT molecular complexity index is 960. The number of nitrogen functional groups attached to an aromatic ring is 1. The van der Waals surface area contributed by atoms with Crippen molar-refractivity contribution in [1.82, 2.24) is 15.3 Å². The zero-order chi connectivity index (χ0) is 23.0. The maximum Gasteiger partial charge on any atom is 0.166 e. The molecule has 4 atom stereocenters. The first kappa shape index (κ1) is 23.3. The minimum Gasteiger partial charge on any atom is -0.482 e. The highest BCUT2D eigenvalue weighted by Gasteiger charge is 2.33. The van der Waals surface area contributed by atoms with Crippen molar-refractivity contribution in [2.24, 2.45) is 16.9 Å². The molecule has 0 amide bonds. The van der Waals surface area contributed by atoms with E-state index in [1.54, 1.807) is 13.1 Å². The standard InChI is InChI=1S/C23H30Cl2FN5O/c1-12-8-17(26)21(25)19(20(12)24)14(3)32-18-9-15(10-29-23(18)27)22-13(2)11-31(30-22)16-4-6-28-7-5-16/h8-10,12-14,16,20,28H,4-7,11H2,1-3H3,(H2,27,29). The molecular weight excluding hydrogens is 452 g/mol. The summed E-state index contributed by atoms with van der Waals surface area (Å²) in [6, 6.07) is 2.32. The first-order valence-electron chi connectivity index (χ1n) is 11.2. The third-order valence-corrected chi connectivity index (χ3v) is 7.48. The smallest absolute Gasteiger partial charge is 0.166 e. The van der Waals surface area contributed by atoms with Gasteiger partial charge in [0.05, 0.1) is 16.1 Å². The monoisotopic (exact) mass is 481 g/mol.